The number of sulfonamides is 1. The van der Waals surface area contributed by atoms with E-state index in [1.54, 1.807) is 30.5 Å². The SMILES string of the molecule is C=CCNS(=O)(=O)c1ccc(Nc2ccnc3ccc(F)cc23)cc1. The molecule has 0 fully saturated rings. The molecule has 0 bridgehead atoms. The number of nitrogens with one attached hydrogen (secondary N) is 2. The molecule has 0 aliphatic rings. The van der Waals surface area contributed by atoms with Crippen molar-refractivity contribution in [1.29, 1.82) is 0 Å². The molecular weight excluding hydrogens is 341 g/mol. The van der Waals surface area contributed by atoms with E-state index in [2.05, 4.69) is 21.6 Å². The maximum atomic E-state index is 13.5. The molecule has 1 heterocycles. The number of nitrogens with zero attached hydrogens (tertiary/aromatic N) is 1. The zero-order chi connectivity index (χ0) is 17.9. The molecule has 7 heteroatoms. The van der Waals surface area contributed by atoms with Crippen molar-refractivity contribution in [2.45, 2.75) is 4.90 Å². The Labute approximate surface area is 145 Å². The topological polar surface area (TPSA) is 71.1 Å². The van der Waals surface area contributed by atoms with Gasteiger partial charge in [-0.3, -0.25) is 4.98 Å². The minimum absolute atomic E-state index is 0.158. The highest BCUT2D eigenvalue weighted by atomic mass is 32.2. The second-order valence-electron chi connectivity index (χ2n) is 5.31. The molecule has 0 aliphatic carbocycles. The molecule has 25 heavy (non-hydrogen) atoms. The van der Waals surface area contributed by atoms with Crippen LogP contribution in [0.25, 0.3) is 10.9 Å². The quantitative estimate of drug-likeness (QED) is 0.662. The number of halogens is 1. The van der Waals surface area contributed by atoms with E-state index in [1.807, 2.05) is 0 Å². The van der Waals surface area contributed by atoms with E-state index in [9.17, 15) is 12.8 Å². The molecule has 2 aromatic carbocycles. The molecule has 0 saturated heterocycles. The van der Waals surface area contributed by atoms with Crippen LogP contribution in [-0.2, 0) is 10.0 Å². The summed E-state index contributed by atoms with van der Waals surface area (Å²) in [4.78, 5) is 4.36. The summed E-state index contributed by atoms with van der Waals surface area (Å²) in [7, 11) is -3.56. The lowest BCUT2D eigenvalue weighted by atomic mass is 10.1. The van der Waals surface area contributed by atoms with Crippen molar-refractivity contribution in [3.8, 4) is 0 Å². The lowest BCUT2D eigenvalue weighted by molar-refractivity contribution is 0.585. The molecule has 1 aromatic heterocycles. The average Bonchev–Trinajstić information content (AvgIpc) is 2.61. The van der Waals surface area contributed by atoms with E-state index in [1.165, 1.54) is 30.3 Å². The van der Waals surface area contributed by atoms with Gasteiger partial charge in [0.15, 0.2) is 0 Å². The van der Waals surface area contributed by atoms with E-state index >= 15 is 0 Å². The van der Waals surface area contributed by atoms with Crippen molar-refractivity contribution >= 4 is 32.3 Å². The highest BCUT2D eigenvalue weighted by molar-refractivity contribution is 7.89. The molecule has 0 unspecified atom stereocenters. The van der Waals surface area contributed by atoms with Crippen LogP contribution in [0.2, 0.25) is 0 Å². The number of rotatable bonds is 6. The minimum atomic E-state index is -3.56. The first-order valence-electron chi connectivity index (χ1n) is 7.51. The van der Waals surface area contributed by atoms with E-state index in [0.717, 1.165) is 0 Å². The van der Waals surface area contributed by atoms with Crippen LogP contribution in [0.15, 0.2) is 72.3 Å². The number of pyridine rings is 1. The van der Waals surface area contributed by atoms with Gasteiger partial charge < -0.3 is 5.32 Å². The van der Waals surface area contributed by atoms with Gasteiger partial charge in [-0.2, -0.15) is 0 Å². The van der Waals surface area contributed by atoms with Crippen molar-refractivity contribution in [2.24, 2.45) is 0 Å². The first-order chi connectivity index (χ1) is 12.0. The van der Waals surface area contributed by atoms with E-state index in [4.69, 9.17) is 0 Å². The van der Waals surface area contributed by atoms with Crippen LogP contribution in [0.4, 0.5) is 15.8 Å². The summed E-state index contributed by atoms with van der Waals surface area (Å²) in [6.45, 7) is 3.64. The fraction of sp³-hybridized carbons (Fsp3) is 0.0556. The molecule has 0 aliphatic heterocycles. The van der Waals surface area contributed by atoms with Crippen LogP contribution in [0.1, 0.15) is 0 Å². The van der Waals surface area contributed by atoms with Gasteiger partial charge in [0, 0.05) is 29.5 Å². The smallest absolute Gasteiger partial charge is 0.240 e. The van der Waals surface area contributed by atoms with Gasteiger partial charge in [0.2, 0.25) is 10.0 Å². The lowest BCUT2D eigenvalue weighted by Crippen LogP contribution is -2.23. The second kappa shape index (κ2) is 7.00. The Morgan fingerprint density at radius 1 is 1.12 bits per heavy atom. The zero-order valence-electron chi connectivity index (χ0n) is 13.2. The molecule has 3 rings (SSSR count). The number of hydrogen-bond donors (Lipinski definition) is 2. The number of anilines is 2. The summed E-state index contributed by atoms with van der Waals surface area (Å²) in [5, 5.41) is 3.80. The molecule has 5 nitrogen and oxygen atoms in total. The number of aromatic nitrogens is 1. The molecule has 128 valence electrons. The first-order valence-corrected chi connectivity index (χ1v) is 9.00. The summed E-state index contributed by atoms with van der Waals surface area (Å²) in [5.41, 5.74) is 2.03. The maximum absolute atomic E-state index is 13.5. The minimum Gasteiger partial charge on any atom is -0.355 e. The van der Waals surface area contributed by atoms with Gasteiger partial charge in [-0.05, 0) is 48.5 Å². The van der Waals surface area contributed by atoms with Crippen molar-refractivity contribution in [3.63, 3.8) is 0 Å². The van der Waals surface area contributed by atoms with E-state index in [0.29, 0.717) is 22.3 Å². The predicted octanol–water partition coefficient (Wildman–Crippen LogP) is 3.58. The van der Waals surface area contributed by atoms with Gasteiger partial charge >= 0.3 is 0 Å². The van der Waals surface area contributed by atoms with E-state index < -0.39 is 10.0 Å². The van der Waals surface area contributed by atoms with Crippen LogP contribution in [0.5, 0.6) is 0 Å². The Hall–Kier alpha value is -2.77. The Kier molecular flexibility index (Phi) is 4.78. The van der Waals surface area contributed by atoms with Gasteiger partial charge in [0.25, 0.3) is 0 Å². The van der Waals surface area contributed by atoms with Gasteiger partial charge in [0.05, 0.1) is 10.4 Å². The van der Waals surface area contributed by atoms with Crippen molar-refractivity contribution in [3.05, 3.63) is 73.2 Å². The van der Waals surface area contributed by atoms with Crippen molar-refractivity contribution < 1.29 is 12.8 Å². The van der Waals surface area contributed by atoms with Crippen molar-refractivity contribution in [1.82, 2.24) is 9.71 Å². The molecule has 3 aromatic rings. The number of hydrogen-bond acceptors (Lipinski definition) is 4. The fourth-order valence-electron chi connectivity index (χ4n) is 2.35. The molecule has 0 spiro atoms. The predicted molar refractivity (Wildman–Crippen MR) is 96.8 cm³/mol. The Balaban J connectivity index is 1.87. The highest BCUT2D eigenvalue weighted by Gasteiger charge is 2.12. The average molecular weight is 357 g/mol. The van der Waals surface area contributed by atoms with Crippen LogP contribution in [0.3, 0.4) is 0 Å². The van der Waals surface area contributed by atoms with Gasteiger partial charge in [-0.1, -0.05) is 6.08 Å². The lowest BCUT2D eigenvalue weighted by Gasteiger charge is -2.10. The summed E-state index contributed by atoms with van der Waals surface area (Å²) < 4.78 is 40.0. The molecule has 2 N–H and O–H groups in total. The fourth-order valence-corrected chi connectivity index (χ4v) is 3.35. The third-order valence-electron chi connectivity index (χ3n) is 3.56. The Morgan fingerprint density at radius 3 is 2.60 bits per heavy atom. The van der Waals surface area contributed by atoms with Gasteiger partial charge in [-0.25, -0.2) is 17.5 Å². The molecule has 0 saturated carbocycles. The summed E-state index contributed by atoms with van der Waals surface area (Å²) >= 11 is 0. The van der Waals surface area contributed by atoms with Crippen LogP contribution >= 0.6 is 0 Å². The zero-order valence-corrected chi connectivity index (χ0v) is 14.1. The van der Waals surface area contributed by atoms with Gasteiger partial charge in [-0.15, -0.1) is 6.58 Å². The van der Waals surface area contributed by atoms with Crippen LogP contribution < -0.4 is 10.0 Å². The third-order valence-corrected chi connectivity index (χ3v) is 5.00. The van der Waals surface area contributed by atoms with Crippen LogP contribution in [0, 0.1) is 5.82 Å². The largest absolute Gasteiger partial charge is 0.355 e. The number of benzene rings is 2. The van der Waals surface area contributed by atoms with Crippen LogP contribution in [-0.4, -0.2) is 19.9 Å². The summed E-state index contributed by atoms with van der Waals surface area (Å²) in [6.07, 6.45) is 3.10. The standard InChI is InChI=1S/C18H16FN3O2S/c1-2-10-21-25(23,24)15-6-4-14(5-7-15)22-18-9-11-20-17-8-3-13(19)12-16(17)18/h2-9,11-12,21H,1,10H2,(H,20,22). The van der Waals surface area contributed by atoms with E-state index in [-0.39, 0.29) is 17.3 Å². The highest BCUT2D eigenvalue weighted by Crippen LogP contribution is 2.26. The monoisotopic (exact) mass is 357 g/mol. The van der Waals surface area contributed by atoms with Gasteiger partial charge in [0.1, 0.15) is 5.82 Å². The van der Waals surface area contributed by atoms with Crippen molar-refractivity contribution in [2.75, 3.05) is 11.9 Å². The molecule has 0 amide bonds. The molecular formula is C18H16FN3O2S. The summed E-state index contributed by atoms with van der Waals surface area (Å²) in [5.74, 6) is -0.349. The maximum Gasteiger partial charge on any atom is 0.240 e. The molecule has 0 atom stereocenters. The molecule has 0 radical (unpaired) electrons. The summed E-state index contributed by atoms with van der Waals surface area (Å²) in [6, 6.07) is 12.4. The first kappa shape index (κ1) is 17.1. The third kappa shape index (κ3) is 3.84. The Bertz CT molecular complexity index is 1020. The second-order valence-corrected chi connectivity index (χ2v) is 7.08. The number of fused-ring (bicyclic) bond motifs is 1. The normalized spacial score (nSPS) is 11.4. The Morgan fingerprint density at radius 2 is 1.88 bits per heavy atom.